The number of benzene rings is 1. The van der Waals surface area contributed by atoms with Crippen LogP contribution in [0, 0.1) is 0 Å². The molecule has 0 bridgehead atoms. The van der Waals surface area contributed by atoms with E-state index in [9.17, 15) is 8.76 Å². The lowest BCUT2D eigenvalue weighted by molar-refractivity contribution is 0.0985. The smallest absolute Gasteiger partial charge is 0.162 e. The summed E-state index contributed by atoms with van der Waals surface area (Å²) in [5.41, 5.74) is 2.54. The molecule has 2 aliphatic rings. The third kappa shape index (κ3) is 3.45. The lowest BCUT2D eigenvalue weighted by Crippen LogP contribution is -2.44. The number of hydrogen-bond acceptors (Lipinski definition) is 5. The molecule has 1 unspecified atom stereocenters. The van der Waals surface area contributed by atoms with Crippen molar-refractivity contribution in [1.29, 1.82) is 0 Å². The van der Waals surface area contributed by atoms with E-state index in [1.807, 2.05) is 36.5 Å². The van der Waals surface area contributed by atoms with Crippen LogP contribution in [0.3, 0.4) is 0 Å². The first-order valence-electron chi connectivity index (χ1n) is 9.94. The Labute approximate surface area is 171 Å². The maximum absolute atomic E-state index is 11.6. The quantitative estimate of drug-likeness (QED) is 0.626. The highest BCUT2D eigenvalue weighted by Crippen LogP contribution is 2.49. The Morgan fingerprint density at radius 2 is 2.21 bits per heavy atom. The van der Waals surface area contributed by atoms with Gasteiger partial charge in [0.2, 0.25) is 0 Å². The molecule has 2 aromatic heterocycles. The van der Waals surface area contributed by atoms with Crippen LogP contribution in [0.25, 0.3) is 22.3 Å². The molecule has 1 saturated heterocycles. The minimum absolute atomic E-state index is 0.213. The number of anilines is 1. The van der Waals surface area contributed by atoms with Crippen molar-refractivity contribution in [2.75, 3.05) is 30.4 Å². The average molecular weight is 413 g/mol. The van der Waals surface area contributed by atoms with Crippen molar-refractivity contribution in [3.63, 3.8) is 0 Å². The van der Waals surface area contributed by atoms with E-state index in [1.165, 1.54) is 0 Å². The Balaban J connectivity index is 1.66. The number of aromatic nitrogens is 3. The second-order valence-corrected chi connectivity index (χ2v) is 8.97. The zero-order valence-electron chi connectivity index (χ0n) is 16.3. The van der Waals surface area contributed by atoms with Gasteiger partial charge < -0.3 is 19.2 Å². The van der Waals surface area contributed by atoms with Gasteiger partial charge in [-0.3, -0.25) is 0 Å². The first kappa shape index (κ1) is 18.7. The molecule has 1 saturated carbocycles. The van der Waals surface area contributed by atoms with Crippen LogP contribution in [0.2, 0.25) is 0 Å². The van der Waals surface area contributed by atoms with E-state index < -0.39 is 11.1 Å². The van der Waals surface area contributed by atoms with E-state index in [0.29, 0.717) is 19.0 Å². The van der Waals surface area contributed by atoms with Gasteiger partial charge in [0.25, 0.3) is 0 Å². The molecule has 3 aromatic rings. The minimum atomic E-state index is -1.86. The topological polar surface area (TPSA) is 91.3 Å². The van der Waals surface area contributed by atoms with Crippen LogP contribution in [-0.4, -0.2) is 55.3 Å². The van der Waals surface area contributed by atoms with Crippen LogP contribution in [0.4, 0.5) is 5.82 Å². The van der Waals surface area contributed by atoms with Gasteiger partial charge >= 0.3 is 0 Å². The fraction of sp³-hybridized carbons (Fsp3) is 0.429. The highest BCUT2D eigenvalue weighted by molar-refractivity contribution is 7.79. The molecule has 7 nitrogen and oxygen atoms in total. The number of H-pyrrole nitrogens is 1. The van der Waals surface area contributed by atoms with Gasteiger partial charge in [0, 0.05) is 40.7 Å². The standard InChI is InChI=1S/C21H24N4O3S/c1-14-12-28-10-9-25(14)19-11-18(21(6-7-21)13-29(26)27)23-20(24-19)16-3-2-4-17-15(16)5-8-22-17/h2-5,8,11,14,22H,6-7,9-10,12-13H2,1H3,(H,26,27)/t14-/m1/s1. The minimum Gasteiger partial charge on any atom is -0.377 e. The summed E-state index contributed by atoms with van der Waals surface area (Å²) in [5.74, 6) is 1.75. The fourth-order valence-electron chi connectivity index (χ4n) is 4.18. The summed E-state index contributed by atoms with van der Waals surface area (Å²) in [6.07, 6.45) is 3.67. The van der Waals surface area contributed by atoms with Crippen LogP contribution in [0.15, 0.2) is 36.5 Å². The van der Waals surface area contributed by atoms with Crippen molar-refractivity contribution in [1.82, 2.24) is 15.0 Å². The predicted molar refractivity (Wildman–Crippen MR) is 114 cm³/mol. The Bertz CT molecular complexity index is 1080. The van der Waals surface area contributed by atoms with Crippen molar-refractivity contribution >= 4 is 27.8 Å². The molecule has 152 valence electrons. The molecule has 8 heteroatoms. The highest BCUT2D eigenvalue weighted by Gasteiger charge is 2.47. The predicted octanol–water partition coefficient (Wildman–Crippen LogP) is 3.10. The van der Waals surface area contributed by atoms with Crippen LogP contribution in [0.1, 0.15) is 25.5 Å². The first-order valence-corrected chi connectivity index (χ1v) is 11.2. The molecule has 2 fully saturated rings. The van der Waals surface area contributed by atoms with Gasteiger partial charge in [-0.25, -0.2) is 14.2 Å². The summed E-state index contributed by atoms with van der Waals surface area (Å²) < 4.78 is 26.7. The molecular weight excluding hydrogens is 388 g/mol. The van der Waals surface area contributed by atoms with Crippen LogP contribution < -0.4 is 4.90 Å². The van der Waals surface area contributed by atoms with E-state index >= 15 is 0 Å². The summed E-state index contributed by atoms with van der Waals surface area (Å²) >= 11 is -1.86. The van der Waals surface area contributed by atoms with Gasteiger partial charge in [0.05, 0.1) is 30.7 Å². The molecule has 2 N–H and O–H groups in total. The van der Waals surface area contributed by atoms with E-state index in [0.717, 1.165) is 47.4 Å². The normalized spacial score (nSPS) is 22.0. The number of nitrogens with zero attached hydrogens (tertiary/aromatic N) is 3. The van der Waals surface area contributed by atoms with Gasteiger partial charge in [-0.05, 0) is 31.9 Å². The molecule has 1 aromatic carbocycles. The van der Waals surface area contributed by atoms with Crippen molar-refractivity contribution in [2.45, 2.75) is 31.2 Å². The van der Waals surface area contributed by atoms with Gasteiger partial charge in [-0.15, -0.1) is 0 Å². The second-order valence-electron chi connectivity index (χ2n) is 8.04. The summed E-state index contributed by atoms with van der Waals surface area (Å²) in [6, 6.07) is 10.3. The molecule has 0 spiro atoms. The largest absolute Gasteiger partial charge is 0.377 e. The maximum atomic E-state index is 11.6. The van der Waals surface area contributed by atoms with Gasteiger partial charge in [0.15, 0.2) is 16.9 Å². The zero-order valence-corrected chi connectivity index (χ0v) is 17.1. The first-order chi connectivity index (χ1) is 14.1. The average Bonchev–Trinajstić information content (AvgIpc) is 3.32. The van der Waals surface area contributed by atoms with Crippen molar-refractivity contribution in [3.05, 3.63) is 42.2 Å². The number of ether oxygens (including phenoxy) is 1. The van der Waals surface area contributed by atoms with Crippen molar-refractivity contribution in [3.8, 4) is 11.4 Å². The summed E-state index contributed by atoms with van der Waals surface area (Å²) in [4.78, 5) is 15.3. The van der Waals surface area contributed by atoms with Crippen LogP contribution >= 0.6 is 0 Å². The molecule has 3 heterocycles. The maximum Gasteiger partial charge on any atom is 0.162 e. The van der Waals surface area contributed by atoms with Crippen LogP contribution in [0.5, 0.6) is 0 Å². The molecule has 0 radical (unpaired) electrons. The number of rotatable bonds is 5. The molecule has 2 atom stereocenters. The number of morpholine rings is 1. The van der Waals surface area contributed by atoms with Crippen molar-refractivity contribution < 1.29 is 13.5 Å². The fourth-order valence-corrected chi connectivity index (χ4v) is 5.09. The van der Waals surface area contributed by atoms with Crippen molar-refractivity contribution in [2.24, 2.45) is 0 Å². The third-order valence-electron chi connectivity index (χ3n) is 6.01. The van der Waals surface area contributed by atoms with E-state index in [-0.39, 0.29) is 17.2 Å². The third-order valence-corrected chi connectivity index (χ3v) is 6.81. The Morgan fingerprint density at radius 1 is 1.34 bits per heavy atom. The second kappa shape index (κ2) is 7.19. The lowest BCUT2D eigenvalue weighted by Gasteiger charge is -2.34. The van der Waals surface area contributed by atoms with Gasteiger partial charge in [-0.1, -0.05) is 12.1 Å². The molecule has 29 heavy (non-hydrogen) atoms. The van der Waals surface area contributed by atoms with E-state index in [1.54, 1.807) is 0 Å². The van der Waals surface area contributed by atoms with E-state index in [2.05, 4.69) is 16.8 Å². The Morgan fingerprint density at radius 3 is 2.97 bits per heavy atom. The lowest BCUT2D eigenvalue weighted by atomic mass is 10.0. The molecular formula is C21H24N4O3S. The molecule has 1 aliphatic carbocycles. The molecule has 0 amide bonds. The summed E-state index contributed by atoms with van der Waals surface area (Å²) in [5, 5.41) is 1.07. The van der Waals surface area contributed by atoms with E-state index in [4.69, 9.17) is 14.7 Å². The van der Waals surface area contributed by atoms with Gasteiger partial charge in [-0.2, -0.15) is 0 Å². The molecule has 1 aliphatic heterocycles. The highest BCUT2D eigenvalue weighted by atomic mass is 32.2. The Kier molecular flexibility index (Phi) is 4.64. The Hall–Kier alpha value is -2.29. The van der Waals surface area contributed by atoms with Crippen LogP contribution in [-0.2, 0) is 21.2 Å². The summed E-state index contributed by atoms with van der Waals surface area (Å²) in [7, 11) is 0. The monoisotopic (exact) mass is 412 g/mol. The number of aromatic amines is 1. The number of fused-ring (bicyclic) bond motifs is 1. The number of hydrogen-bond donors (Lipinski definition) is 2. The summed E-state index contributed by atoms with van der Waals surface area (Å²) in [6.45, 7) is 4.22. The molecule has 5 rings (SSSR count). The number of nitrogens with one attached hydrogen (secondary N) is 1. The SMILES string of the molecule is C[C@@H]1COCCN1c1cc(C2(CS(=O)O)CC2)nc(-c2cccc3[nH]ccc23)n1. The van der Waals surface area contributed by atoms with Gasteiger partial charge in [0.1, 0.15) is 5.82 Å². The zero-order chi connectivity index (χ0) is 20.0.